The van der Waals surface area contributed by atoms with Crippen LogP contribution in [-0.4, -0.2) is 26.1 Å². The highest BCUT2D eigenvalue weighted by molar-refractivity contribution is 7.18. The summed E-state index contributed by atoms with van der Waals surface area (Å²) in [6, 6.07) is 10.3. The number of aromatic nitrogens is 4. The molecule has 0 saturated carbocycles. The van der Waals surface area contributed by atoms with E-state index in [1.165, 1.54) is 42.9 Å². The Morgan fingerprint density at radius 1 is 1.27 bits per heavy atom. The van der Waals surface area contributed by atoms with Gasteiger partial charge in [-0.1, -0.05) is 23.5 Å². The average molecular weight is 385 g/mol. The number of benzene rings is 1. The number of hydrogen-bond acceptors (Lipinski definition) is 6. The van der Waals surface area contributed by atoms with Gasteiger partial charge in [0.25, 0.3) is 5.56 Å². The molecule has 1 aromatic carbocycles. The molecule has 0 spiro atoms. The molecule has 26 heavy (non-hydrogen) atoms. The predicted octanol–water partition coefficient (Wildman–Crippen LogP) is 1.99. The number of fused-ring (bicyclic) bond motifs is 2. The lowest BCUT2D eigenvalue weighted by molar-refractivity contribution is -0.931. The normalized spacial score (nSPS) is 20.3. The fraction of sp³-hybridized carbons (Fsp3) is 0.333. The van der Waals surface area contributed by atoms with Crippen molar-refractivity contribution in [1.29, 1.82) is 0 Å². The Morgan fingerprint density at radius 2 is 2.15 bits per heavy atom. The molecule has 0 radical (unpaired) electrons. The first kappa shape index (κ1) is 16.0. The van der Waals surface area contributed by atoms with Crippen LogP contribution in [0.4, 0.5) is 0 Å². The summed E-state index contributed by atoms with van der Waals surface area (Å²) in [7, 11) is 0. The lowest BCUT2D eigenvalue weighted by atomic mass is 10.2. The zero-order chi connectivity index (χ0) is 17.7. The Balaban J connectivity index is 1.46. The van der Waals surface area contributed by atoms with E-state index < -0.39 is 0 Å². The summed E-state index contributed by atoms with van der Waals surface area (Å²) < 4.78 is 2.68. The van der Waals surface area contributed by atoms with Crippen LogP contribution in [0.25, 0.3) is 15.2 Å². The molecule has 1 fully saturated rings. The van der Waals surface area contributed by atoms with Gasteiger partial charge in [0.05, 0.1) is 16.8 Å². The van der Waals surface area contributed by atoms with E-state index in [-0.39, 0.29) is 5.56 Å². The van der Waals surface area contributed by atoms with Gasteiger partial charge in [-0.15, -0.1) is 11.3 Å². The number of rotatable bonds is 3. The molecule has 1 aliphatic heterocycles. The van der Waals surface area contributed by atoms with Crippen LogP contribution in [0.1, 0.15) is 34.6 Å². The summed E-state index contributed by atoms with van der Waals surface area (Å²) in [6.45, 7) is 3.76. The Labute approximate surface area is 157 Å². The zero-order valence-electron chi connectivity index (χ0n) is 14.3. The molecule has 1 unspecified atom stereocenters. The van der Waals surface area contributed by atoms with E-state index in [2.05, 4.69) is 28.3 Å². The van der Waals surface area contributed by atoms with Crippen molar-refractivity contribution >= 4 is 37.9 Å². The first-order valence-electron chi connectivity index (χ1n) is 8.74. The summed E-state index contributed by atoms with van der Waals surface area (Å²) in [5.74, 6) is 0. The minimum Gasteiger partial charge on any atom is -0.321 e. The van der Waals surface area contributed by atoms with Gasteiger partial charge in [0.1, 0.15) is 12.6 Å². The predicted molar refractivity (Wildman–Crippen MR) is 103 cm³/mol. The van der Waals surface area contributed by atoms with Crippen LogP contribution in [0.3, 0.4) is 0 Å². The molecule has 3 aromatic heterocycles. The van der Waals surface area contributed by atoms with E-state index in [4.69, 9.17) is 4.98 Å². The molecule has 6 nitrogen and oxygen atoms in total. The highest BCUT2D eigenvalue weighted by Crippen LogP contribution is 2.29. The maximum absolute atomic E-state index is 12.1. The van der Waals surface area contributed by atoms with Gasteiger partial charge in [-0.25, -0.2) is 9.97 Å². The van der Waals surface area contributed by atoms with Gasteiger partial charge in [-0.05, 0) is 19.1 Å². The summed E-state index contributed by atoms with van der Waals surface area (Å²) in [6.07, 6.45) is 2.34. The fourth-order valence-electron chi connectivity index (χ4n) is 3.69. The molecular formula is C18H18N5OS2+. The minimum atomic E-state index is -0.103. The molecule has 8 heteroatoms. The first-order chi connectivity index (χ1) is 12.7. The van der Waals surface area contributed by atoms with Gasteiger partial charge >= 0.3 is 0 Å². The number of aryl methyl sites for hydroxylation is 1. The second-order valence-corrected chi connectivity index (χ2v) is 8.83. The molecule has 2 atom stereocenters. The third kappa shape index (κ3) is 2.74. The molecule has 0 bridgehead atoms. The van der Waals surface area contributed by atoms with E-state index in [1.807, 2.05) is 13.0 Å². The van der Waals surface area contributed by atoms with Crippen LogP contribution in [-0.2, 0) is 6.54 Å². The smallest absolute Gasteiger partial charge is 0.275 e. The largest absolute Gasteiger partial charge is 0.321 e. The van der Waals surface area contributed by atoms with E-state index in [9.17, 15) is 4.79 Å². The van der Waals surface area contributed by atoms with Crippen LogP contribution < -0.4 is 10.5 Å². The summed E-state index contributed by atoms with van der Waals surface area (Å²) in [5.41, 5.74) is 1.73. The van der Waals surface area contributed by atoms with Gasteiger partial charge in [-0.3, -0.25) is 4.79 Å². The van der Waals surface area contributed by atoms with Crippen LogP contribution in [0, 0.1) is 6.92 Å². The Hall–Kier alpha value is -2.16. The molecule has 4 aromatic rings. The quantitative estimate of drug-likeness (QED) is 0.587. The summed E-state index contributed by atoms with van der Waals surface area (Å²) >= 11 is 3.32. The molecule has 1 saturated heterocycles. The number of likely N-dealkylation sites (tertiary alicyclic amines) is 1. The lowest BCUT2D eigenvalue weighted by Crippen LogP contribution is -3.08. The van der Waals surface area contributed by atoms with E-state index in [1.54, 1.807) is 11.3 Å². The summed E-state index contributed by atoms with van der Waals surface area (Å²) in [5, 5.41) is 6.69. The van der Waals surface area contributed by atoms with Crippen molar-refractivity contribution in [2.45, 2.75) is 32.4 Å². The van der Waals surface area contributed by atoms with Crippen molar-refractivity contribution in [1.82, 2.24) is 19.6 Å². The van der Waals surface area contributed by atoms with Gasteiger partial charge < -0.3 is 4.90 Å². The number of quaternary nitrogens is 1. The third-order valence-electron chi connectivity index (χ3n) is 4.89. The number of thiazole rings is 1. The van der Waals surface area contributed by atoms with Gasteiger partial charge in [0.15, 0.2) is 10.0 Å². The minimum absolute atomic E-state index is 0.103. The average Bonchev–Trinajstić information content (AvgIpc) is 3.31. The summed E-state index contributed by atoms with van der Waals surface area (Å²) in [4.78, 5) is 23.6. The second kappa shape index (κ2) is 6.22. The number of hydrogen-bond donors (Lipinski definition) is 1. The van der Waals surface area contributed by atoms with Crippen LogP contribution >= 0.6 is 22.7 Å². The molecule has 0 amide bonds. The lowest BCUT2D eigenvalue weighted by Gasteiger charge is -2.18. The molecule has 132 valence electrons. The van der Waals surface area contributed by atoms with Crippen molar-refractivity contribution in [2.75, 3.05) is 6.54 Å². The molecule has 5 rings (SSSR count). The van der Waals surface area contributed by atoms with Gasteiger partial charge in [0, 0.05) is 24.6 Å². The van der Waals surface area contributed by atoms with Crippen molar-refractivity contribution < 1.29 is 4.90 Å². The second-order valence-electron chi connectivity index (χ2n) is 6.73. The number of nitrogens with one attached hydrogen (secondary N) is 1. The molecular weight excluding hydrogens is 366 g/mol. The number of nitrogens with zero attached hydrogens (tertiary/aromatic N) is 4. The van der Waals surface area contributed by atoms with E-state index in [0.717, 1.165) is 35.7 Å². The van der Waals surface area contributed by atoms with Crippen molar-refractivity contribution in [3.63, 3.8) is 0 Å². The topological polar surface area (TPSA) is 64.6 Å². The monoisotopic (exact) mass is 384 g/mol. The van der Waals surface area contributed by atoms with E-state index in [0.29, 0.717) is 11.0 Å². The first-order valence-corrected chi connectivity index (χ1v) is 10.4. The van der Waals surface area contributed by atoms with Gasteiger partial charge in [-0.2, -0.15) is 9.61 Å². The van der Waals surface area contributed by atoms with Gasteiger partial charge in [0.2, 0.25) is 4.96 Å². The number of para-hydroxylation sites is 1. The van der Waals surface area contributed by atoms with Crippen molar-refractivity contribution in [3.8, 4) is 0 Å². The SMILES string of the molecule is Cc1cc(=O)n2nc(C[NH+]3CCC[C@@H]3c3nc4ccccc4s3)sc2n1. The Morgan fingerprint density at radius 3 is 3.04 bits per heavy atom. The zero-order valence-corrected chi connectivity index (χ0v) is 15.9. The molecule has 1 aliphatic rings. The molecule has 4 heterocycles. The maximum Gasteiger partial charge on any atom is 0.275 e. The Kier molecular flexibility index (Phi) is 3.84. The molecule has 1 N–H and O–H groups in total. The highest BCUT2D eigenvalue weighted by atomic mass is 32.1. The highest BCUT2D eigenvalue weighted by Gasteiger charge is 2.33. The van der Waals surface area contributed by atoms with Crippen LogP contribution in [0.2, 0.25) is 0 Å². The standard InChI is InChI=1S/C18H17N5OS2/c1-11-9-16(24)23-18(19-11)26-15(21-23)10-22-8-4-6-13(22)17-20-12-5-2-3-7-14(12)25-17/h2-3,5,7,9,13H,4,6,8,10H2,1H3/p+1/t13-/m1/s1. The van der Waals surface area contributed by atoms with E-state index >= 15 is 0 Å². The van der Waals surface area contributed by atoms with Crippen molar-refractivity contribution in [3.05, 3.63) is 56.4 Å². The van der Waals surface area contributed by atoms with Crippen molar-refractivity contribution in [2.24, 2.45) is 0 Å². The van der Waals surface area contributed by atoms with Crippen LogP contribution in [0.15, 0.2) is 35.1 Å². The maximum atomic E-state index is 12.1. The van der Waals surface area contributed by atoms with Crippen LogP contribution in [0.5, 0.6) is 0 Å². The Bertz CT molecular complexity index is 1130. The fourth-order valence-corrected chi connectivity index (χ4v) is 5.84. The third-order valence-corrected chi connectivity index (χ3v) is 6.94. The molecule has 0 aliphatic carbocycles.